The first kappa shape index (κ1) is 12.3. The molecule has 0 spiro atoms. The minimum absolute atomic E-state index is 0.224. The predicted molar refractivity (Wildman–Crippen MR) is 70.6 cm³/mol. The van der Waals surface area contributed by atoms with Crippen LogP contribution in [-0.2, 0) is 20.0 Å². The number of nitrogens with zero attached hydrogens (tertiary/aromatic N) is 5. The standard InChI is InChI=1S/C13H19N5O/c1-8-12(9(2)17(3)16-8)13-15-14-11-5-4-10(7-19)6-18(11)13/h10,19H,4-7H2,1-3H3. The van der Waals surface area contributed by atoms with Crippen LogP contribution in [0.25, 0.3) is 11.4 Å². The van der Waals surface area contributed by atoms with E-state index in [9.17, 15) is 5.11 Å². The van der Waals surface area contributed by atoms with Crippen LogP contribution in [0.1, 0.15) is 23.6 Å². The van der Waals surface area contributed by atoms with Gasteiger partial charge in [-0.2, -0.15) is 5.10 Å². The van der Waals surface area contributed by atoms with Gasteiger partial charge in [0.1, 0.15) is 5.82 Å². The molecule has 102 valence electrons. The van der Waals surface area contributed by atoms with E-state index in [1.54, 1.807) is 0 Å². The molecule has 0 bridgehead atoms. The van der Waals surface area contributed by atoms with Crippen molar-refractivity contribution in [1.82, 2.24) is 24.5 Å². The Hall–Kier alpha value is -1.69. The van der Waals surface area contributed by atoms with Gasteiger partial charge in [0.25, 0.3) is 0 Å². The van der Waals surface area contributed by atoms with E-state index >= 15 is 0 Å². The number of fused-ring (bicyclic) bond motifs is 1. The van der Waals surface area contributed by atoms with Crippen molar-refractivity contribution in [3.63, 3.8) is 0 Å². The van der Waals surface area contributed by atoms with Gasteiger partial charge in [0, 0.05) is 38.2 Å². The molecule has 3 rings (SSSR count). The molecule has 1 aliphatic heterocycles. The molecule has 1 N–H and O–H groups in total. The first-order valence-electron chi connectivity index (χ1n) is 6.65. The van der Waals surface area contributed by atoms with Crippen LogP contribution >= 0.6 is 0 Å². The Bertz CT molecular complexity index is 613. The van der Waals surface area contributed by atoms with Crippen molar-refractivity contribution < 1.29 is 5.11 Å². The van der Waals surface area contributed by atoms with E-state index in [4.69, 9.17) is 0 Å². The number of aliphatic hydroxyl groups excluding tert-OH is 1. The minimum Gasteiger partial charge on any atom is -0.396 e. The molecule has 0 amide bonds. The summed E-state index contributed by atoms with van der Waals surface area (Å²) in [4.78, 5) is 0. The smallest absolute Gasteiger partial charge is 0.167 e. The SMILES string of the molecule is Cc1nn(C)c(C)c1-c1nnc2n1CC(CO)CC2. The van der Waals surface area contributed by atoms with Crippen LogP contribution in [0.5, 0.6) is 0 Å². The molecule has 0 aliphatic carbocycles. The Morgan fingerprint density at radius 1 is 1.32 bits per heavy atom. The molecular formula is C13H19N5O. The van der Waals surface area contributed by atoms with Crippen molar-refractivity contribution >= 4 is 0 Å². The zero-order chi connectivity index (χ0) is 13.6. The van der Waals surface area contributed by atoms with E-state index < -0.39 is 0 Å². The fraction of sp³-hybridized carbons (Fsp3) is 0.615. The third-order valence-corrected chi connectivity index (χ3v) is 4.04. The molecule has 0 radical (unpaired) electrons. The van der Waals surface area contributed by atoms with Crippen molar-refractivity contribution in [1.29, 1.82) is 0 Å². The number of aliphatic hydroxyl groups is 1. The summed E-state index contributed by atoms with van der Waals surface area (Å²) in [5.41, 5.74) is 3.14. The number of hydrogen-bond donors (Lipinski definition) is 1. The molecule has 0 fully saturated rings. The van der Waals surface area contributed by atoms with Crippen molar-refractivity contribution in [2.45, 2.75) is 33.2 Å². The van der Waals surface area contributed by atoms with E-state index in [0.29, 0.717) is 5.92 Å². The average molecular weight is 261 g/mol. The van der Waals surface area contributed by atoms with Crippen LogP contribution in [-0.4, -0.2) is 36.3 Å². The summed E-state index contributed by atoms with van der Waals surface area (Å²) in [6.07, 6.45) is 1.87. The molecule has 2 aromatic heterocycles. The number of rotatable bonds is 2. The summed E-state index contributed by atoms with van der Waals surface area (Å²) >= 11 is 0. The molecule has 1 unspecified atom stereocenters. The molecular weight excluding hydrogens is 242 g/mol. The van der Waals surface area contributed by atoms with Crippen molar-refractivity contribution in [3.05, 3.63) is 17.2 Å². The lowest BCUT2D eigenvalue weighted by molar-refractivity contribution is 0.191. The van der Waals surface area contributed by atoms with Crippen LogP contribution in [0.4, 0.5) is 0 Å². The van der Waals surface area contributed by atoms with E-state index in [1.807, 2.05) is 25.6 Å². The Balaban J connectivity index is 2.10. The maximum atomic E-state index is 9.36. The van der Waals surface area contributed by atoms with Crippen molar-refractivity contribution in [2.75, 3.05) is 6.61 Å². The summed E-state index contributed by atoms with van der Waals surface area (Å²) in [7, 11) is 1.94. The van der Waals surface area contributed by atoms with Crippen LogP contribution in [0, 0.1) is 19.8 Å². The quantitative estimate of drug-likeness (QED) is 0.870. The molecule has 2 aromatic rings. The van der Waals surface area contributed by atoms with Crippen LogP contribution in [0.3, 0.4) is 0 Å². The monoisotopic (exact) mass is 261 g/mol. The first-order valence-corrected chi connectivity index (χ1v) is 6.65. The van der Waals surface area contributed by atoms with Gasteiger partial charge in [-0.1, -0.05) is 0 Å². The van der Waals surface area contributed by atoms with Crippen molar-refractivity contribution in [3.8, 4) is 11.4 Å². The summed E-state index contributed by atoms with van der Waals surface area (Å²) in [5.74, 6) is 2.21. The van der Waals surface area contributed by atoms with E-state index in [0.717, 1.165) is 48.0 Å². The number of aryl methyl sites for hydroxylation is 3. The highest BCUT2D eigenvalue weighted by Crippen LogP contribution is 2.29. The van der Waals surface area contributed by atoms with Gasteiger partial charge in [-0.25, -0.2) is 0 Å². The molecule has 1 atom stereocenters. The zero-order valence-electron chi connectivity index (χ0n) is 11.6. The third kappa shape index (κ3) is 1.87. The lowest BCUT2D eigenvalue weighted by atomic mass is 10.00. The van der Waals surface area contributed by atoms with Crippen molar-refractivity contribution in [2.24, 2.45) is 13.0 Å². The second-order valence-corrected chi connectivity index (χ2v) is 5.31. The highest BCUT2D eigenvalue weighted by atomic mass is 16.3. The van der Waals surface area contributed by atoms with E-state index in [1.165, 1.54) is 0 Å². The lowest BCUT2D eigenvalue weighted by Gasteiger charge is -2.22. The maximum Gasteiger partial charge on any atom is 0.167 e. The molecule has 19 heavy (non-hydrogen) atoms. The second kappa shape index (κ2) is 4.45. The third-order valence-electron chi connectivity index (χ3n) is 4.04. The highest BCUT2D eigenvalue weighted by molar-refractivity contribution is 5.61. The molecule has 1 aliphatic rings. The summed E-state index contributed by atoms with van der Waals surface area (Å²) in [6.45, 7) is 5.06. The van der Waals surface area contributed by atoms with Gasteiger partial charge in [0.2, 0.25) is 0 Å². The number of aromatic nitrogens is 5. The molecule has 0 saturated carbocycles. The van der Waals surface area contributed by atoms with E-state index in [-0.39, 0.29) is 6.61 Å². The Morgan fingerprint density at radius 3 is 2.74 bits per heavy atom. The average Bonchev–Trinajstić information content (AvgIpc) is 2.91. The summed E-state index contributed by atoms with van der Waals surface area (Å²) < 4.78 is 4.01. The fourth-order valence-electron chi connectivity index (χ4n) is 2.83. The topological polar surface area (TPSA) is 68.8 Å². The van der Waals surface area contributed by atoms with Gasteiger partial charge >= 0.3 is 0 Å². The Kier molecular flexibility index (Phi) is 2.89. The largest absolute Gasteiger partial charge is 0.396 e. The fourth-order valence-corrected chi connectivity index (χ4v) is 2.83. The predicted octanol–water partition coefficient (Wildman–Crippen LogP) is 0.850. The molecule has 6 nitrogen and oxygen atoms in total. The minimum atomic E-state index is 0.224. The molecule has 0 saturated heterocycles. The second-order valence-electron chi connectivity index (χ2n) is 5.31. The van der Waals surface area contributed by atoms with Gasteiger partial charge in [-0.3, -0.25) is 4.68 Å². The van der Waals surface area contributed by atoms with Crippen LogP contribution in [0.15, 0.2) is 0 Å². The van der Waals surface area contributed by atoms with Gasteiger partial charge in [-0.15, -0.1) is 10.2 Å². The van der Waals surface area contributed by atoms with Gasteiger partial charge < -0.3 is 9.67 Å². The normalized spacial score (nSPS) is 18.6. The maximum absolute atomic E-state index is 9.36. The summed E-state index contributed by atoms with van der Waals surface area (Å²) in [6, 6.07) is 0. The lowest BCUT2D eigenvalue weighted by Crippen LogP contribution is -2.23. The van der Waals surface area contributed by atoms with Gasteiger partial charge in [0.05, 0.1) is 11.3 Å². The summed E-state index contributed by atoms with van der Waals surface area (Å²) in [5, 5.41) is 22.4. The zero-order valence-corrected chi connectivity index (χ0v) is 11.6. The van der Waals surface area contributed by atoms with Gasteiger partial charge in [0.15, 0.2) is 5.82 Å². The Labute approximate surface area is 112 Å². The highest BCUT2D eigenvalue weighted by Gasteiger charge is 2.25. The number of hydrogen-bond acceptors (Lipinski definition) is 4. The molecule has 0 aromatic carbocycles. The van der Waals surface area contributed by atoms with Crippen LogP contribution in [0.2, 0.25) is 0 Å². The first-order chi connectivity index (χ1) is 9.11. The van der Waals surface area contributed by atoms with E-state index in [2.05, 4.69) is 19.9 Å². The van der Waals surface area contributed by atoms with Gasteiger partial charge in [-0.05, 0) is 20.3 Å². The molecule has 6 heteroatoms. The Morgan fingerprint density at radius 2 is 2.11 bits per heavy atom. The van der Waals surface area contributed by atoms with Crippen LogP contribution < -0.4 is 0 Å². The molecule has 3 heterocycles.